The molecule has 2 heteroatoms. The lowest BCUT2D eigenvalue weighted by molar-refractivity contribution is -0.137. The fourth-order valence-electron chi connectivity index (χ4n) is 2.50. The third-order valence-electron chi connectivity index (χ3n) is 3.48. The monoisotopic (exact) mass is 258 g/mol. The van der Waals surface area contributed by atoms with Crippen LogP contribution in [0, 0.1) is 5.92 Å². The molecule has 1 saturated carbocycles. The van der Waals surface area contributed by atoms with Gasteiger partial charge in [0, 0.05) is 11.9 Å². The smallest absolute Gasteiger partial charge is 0.0688 e. The van der Waals surface area contributed by atoms with E-state index < -0.39 is 0 Å². The van der Waals surface area contributed by atoms with Crippen molar-refractivity contribution < 1.29 is 4.74 Å². The Morgan fingerprint density at radius 2 is 2.29 bits per heavy atom. The molecule has 1 spiro atoms. The van der Waals surface area contributed by atoms with Crippen molar-refractivity contribution >= 4 is 15.9 Å². The van der Waals surface area contributed by atoms with Gasteiger partial charge in [-0.15, -0.1) is 0 Å². The van der Waals surface area contributed by atoms with Gasteiger partial charge in [-0.25, -0.2) is 0 Å². The van der Waals surface area contributed by atoms with Crippen LogP contribution in [-0.4, -0.2) is 17.5 Å². The predicted molar refractivity (Wildman–Crippen MR) is 62.8 cm³/mol. The van der Waals surface area contributed by atoms with Gasteiger partial charge >= 0.3 is 0 Å². The highest BCUT2D eigenvalue weighted by Gasteiger charge is 2.41. The first-order chi connectivity index (χ1) is 6.85. The third-order valence-corrected chi connectivity index (χ3v) is 3.94. The molecule has 14 heavy (non-hydrogen) atoms. The van der Waals surface area contributed by atoms with Gasteiger partial charge in [0.1, 0.15) is 0 Å². The number of ether oxygens (including phenoxy) is 1. The van der Waals surface area contributed by atoms with Crippen molar-refractivity contribution in [3.8, 4) is 0 Å². The van der Waals surface area contributed by atoms with Crippen molar-refractivity contribution in [3.63, 3.8) is 0 Å². The molecule has 0 aromatic heterocycles. The van der Waals surface area contributed by atoms with Gasteiger partial charge in [-0.05, 0) is 44.4 Å². The first kappa shape index (κ1) is 10.7. The minimum atomic E-state index is 0.307. The van der Waals surface area contributed by atoms with Crippen molar-refractivity contribution in [2.75, 3.05) is 11.9 Å². The fourth-order valence-corrected chi connectivity index (χ4v) is 2.77. The van der Waals surface area contributed by atoms with E-state index in [9.17, 15) is 0 Å². The topological polar surface area (TPSA) is 9.23 Å². The SMILES string of the molecule is BrCC/C=C/C1CCOC2(CCC2)C1. The maximum Gasteiger partial charge on any atom is 0.0688 e. The van der Waals surface area contributed by atoms with Gasteiger partial charge in [-0.1, -0.05) is 28.1 Å². The van der Waals surface area contributed by atoms with E-state index in [2.05, 4.69) is 28.1 Å². The van der Waals surface area contributed by atoms with Crippen molar-refractivity contribution in [1.29, 1.82) is 0 Å². The zero-order valence-electron chi connectivity index (χ0n) is 8.68. The van der Waals surface area contributed by atoms with Gasteiger partial charge in [0.05, 0.1) is 5.60 Å². The molecule has 1 nitrogen and oxygen atoms in total. The average Bonchev–Trinajstić information content (AvgIpc) is 2.17. The minimum Gasteiger partial charge on any atom is -0.375 e. The Hall–Kier alpha value is 0.180. The van der Waals surface area contributed by atoms with E-state index in [1.165, 1.54) is 32.1 Å². The Labute approximate surface area is 95.0 Å². The number of hydrogen-bond donors (Lipinski definition) is 0. The fraction of sp³-hybridized carbons (Fsp3) is 0.833. The summed E-state index contributed by atoms with van der Waals surface area (Å²) in [6.45, 7) is 0.976. The summed E-state index contributed by atoms with van der Waals surface area (Å²) in [5.41, 5.74) is 0.307. The van der Waals surface area contributed by atoms with Crippen LogP contribution in [0.5, 0.6) is 0 Å². The van der Waals surface area contributed by atoms with Crippen LogP contribution in [0.15, 0.2) is 12.2 Å². The van der Waals surface area contributed by atoms with E-state index in [-0.39, 0.29) is 0 Å². The Kier molecular flexibility index (Phi) is 3.67. The Morgan fingerprint density at radius 3 is 2.93 bits per heavy atom. The van der Waals surface area contributed by atoms with Crippen LogP contribution in [0.25, 0.3) is 0 Å². The summed E-state index contributed by atoms with van der Waals surface area (Å²) < 4.78 is 5.89. The molecule has 0 bridgehead atoms. The van der Waals surface area contributed by atoms with E-state index in [0.29, 0.717) is 5.60 Å². The second-order valence-corrected chi connectivity index (χ2v) is 5.34. The van der Waals surface area contributed by atoms with Crippen LogP contribution in [0.1, 0.15) is 38.5 Å². The predicted octanol–water partition coefficient (Wildman–Crippen LogP) is 3.68. The summed E-state index contributed by atoms with van der Waals surface area (Å²) in [5.74, 6) is 0.781. The maximum absolute atomic E-state index is 5.89. The van der Waals surface area contributed by atoms with Crippen LogP contribution >= 0.6 is 15.9 Å². The lowest BCUT2D eigenvalue weighted by Crippen LogP contribution is -2.45. The first-order valence-electron chi connectivity index (χ1n) is 5.71. The second kappa shape index (κ2) is 4.80. The molecule has 0 N–H and O–H groups in total. The van der Waals surface area contributed by atoms with Gasteiger partial charge in [0.15, 0.2) is 0 Å². The number of hydrogen-bond acceptors (Lipinski definition) is 1. The Morgan fingerprint density at radius 1 is 1.43 bits per heavy atom. The molecule has 2 aliphatic rings. The van der Waals surface area contributed by atoms with Crippen molar-refractivity contribution in [3.05, 3.63) is 12.2 Å². The minimum absolute atomic E-state index is 0.307. The molecule has 80 valence electrons. The van der Waals surface area contributed by atoms with E-state index in [4.69, 9.17) is 4.74 Å². The molecule has 1 unspecified atom stereocenters. The molecule has 2 rings (SSSR count). The van der Waals surface area contributed by atoms with Gasteiger partial charge in [0.2, 0.25) is 0 Å². The molecule has 0 aromatic carbocycles. The zero-order valence-corrected chi connectivity index (χ0v) is 10.3. The molecule has 1 heterocycles. The summed E-state index contributed by atoms with van der Waals surface area (Å²) in [4.78, 5) is 0. The lowest BCUT2D eigenvalue weighted by Gasteiger charge is -2.46. The number of halogens is 1. The summed E-state index contributed by atoms with van der Waals surface area (Å²) in [7, 11) is 0. The van der Waals surface area contributed by atoms with E-state index in [1.807, 2.05) is 0 Å². The summed E-state index contributed by atoms with van der Waals surface area (Å²) in [6.07, 6.45) is 12.3. The highest BCUT2D eigenvalue weighted by molar-refractivity contribution is 9.09. The molecule has 1 saturated heterocycles. The quantitative estimate of drug-likeness (QED) is 0.555. The molecule has 2 fully saturated rings. The Bertz CT molecular complexity index is 208. The molecule has 0 amide bonds. The van der Waals surface area contributed by atoms with Crippen molar-refractivity contribution in [2.24, 2.45) is 5.92 Å². The molecule has 0 radical (unpaired) electrons. The second-order valence-electron chi connectivity index (χ2n) is 4.54. The van der Waals surface area contributed by atoms with Crippen molar-refractivity contribution in [1.82, 2.24) is 0 Å². The highest BCUT2D eigenvalue weighted by atomic mass is 79.9. The van der Waals surface area contributed by atoms with Crippen LogP contribution < -0.4 is 0 Å². The Balaban J connectivity index is 1.81. The molecule has 1 atom stereocenters. The molecule has 1 aliphatic carbocycles. The van der Waals surface area contributed by atoms with Gasteiger partial charge in [-0.2, -0.15) is 0 Å². The van der Waals surface area contributed by atoms with E-state index in [1.54, 1.807) is 0 Å². The first-order valence-corrected chi connectivity index (χ1v) is 6.83. The average molecular weight is 259 g/mol. The summed E-state index contributed by atoms with van der Waals surface area (Å²) >= 11 is 3.45. The molecular weight excluding hydrogens is 240 g/mol. The van der Waals surface area contributed by atoms with Crippen LogP contribution in [0.2, 0.25) is 0 Å². The number of alkyl halides is 1. The summed E-state index contributed by atoms with van der Waals surface area (Å²) in [6, 6.07) is 0. The van der Waals surface area contributed by atoms with Crippen molar-refractivity contribution in [2.45, 2.75) is 44.1 Å². The largest absolute Gasteiger partial charge is 0.375 e. The number of allylic oxidation sites excluding steroid dienone is 2. The lowest BCUT2D eigenvalue weighted by atomic mass is 9.72. The van der Waals surface area contributed by atoms with Gasteiger partial charge in [-0.3, -0.25) is 0 Å². The zero-order chi connectivity index (χ0) is 9.86. The summed E-state index contributed by atoms with van der Waals surface area (Å²) in [5, 5.41) is 1.08. The standard InChI is InChI=1S/C12H19BrO/c13-8-2-1-4-11-5-9-14-12(10-11)6-3-7-12/h1,4,11H,2-3,5-10H2/b4-1+. The van der Waals surface area contributed by atoms with Gasteiger partial charge in [0.25, 0.3) is 0 Å². The van der Waals surface area contributed by atoms with Crippen LogP contribution in [0.3, 0.4) is 0 Å². The molecule has 0 aromatic rings. The maximum atomic E-state index is 5.89. The van der Waals surface area contributed by atoms with E-state index >= 15 is 0 Å². The molecular formula is C12H19BrO. The van der Waals surface area contributed by atoms with E-state index in [0.717, 1.165) is 24.3 Å². The highest BCUT2D eigenvalue weighted by Crippen LogP contribution is 2.44. The van der Waals surface area contributed by atoms with Crippen LogP contribution in [-0.2, 0) is 4.74 Å². The normalized spacial score (nSPS) is 30.8. The van der Waals surface area contributed by atoms with Crippen LogP contribution in [0.4, 0.5) is 0 Å². The third kappa shape index (κ3) is 2.40. The molecule has 1 aliphatic heterocycles. The number of rotatable bonds is 3. The van der Waals surface area contributed by atoms with Gasteiger partial charge < -0.3 is 4.74 Å².